The van der Waals surface area contributed by atoms with E-state index in [1.54, 1.807) is 4.90 Å². The second kappa shape index (κ2) is 7.37. The van der Waals surface area contributed by atoms with Crippen molar-refractivity contribution in [2.24, 2.45) is 5.73 Å². The smallest absolute Gasteiger partial charge is 0.322 e. The number of carbonyl (C=O) groups excluding carboxylic acids is 1. The van der Waals surface area contributed by atoms with Crippen molar-refractivity contribution in [3.63, 3.8) is 0 Å². The van der Waals surface area contributed by atoms with Gasteiger partial charge in [-0.3, -0.25) is 20.0 Å². The third-order valence-electron chi connectivity index (χ3n) is 3.52. The minimum atomic E-state index is -0.530. The molecule has 21 heavy (non-hydrogen) atoms. The van der Waals surface area contributed by atoms with Gasteiger partial charge < -0.3 is 10.6 Å². The van der Waals surface area contributed by atoms with Crippen LogP contribution in [0.3, 0.4) is 0 Å². The number of H-pyrrole nitrogens is 1. The van der Waals surface area contributed by atoms with Crippen LogP contribution in [0.15, 0.2) is 0 Å². The fraction of sp³-hybridized carbons (Fsp3) is 0.667. The summed E-state index contributed by atoms with van der Waals surface area (Å²) in [6, 6.07) is 0.101. The van der Waals surface area contributed by atoms with Crippen molar-refractivity contribution in [1.82, 2.24) is 15.1 Å². The van der Waals surface area contributed by atoms with Crippen molar-refractivity contribution in [1.29, 1.82) is 0 Å². The molecular formula is C12H20ClN5O3. The number of rotatable bonds is 4. The maximum atomic E-state index is 12.3. The Labute approximate surface area is 128 Å². The molecule has 1 saturated heterocycles. The minimum absolute atomic E-state index is 0. The van der Waals surface area contributed by atoms with Crippen LogP contribution in [0.5, 0.6) is 0 Å². The van der Waals surface area contributed by atoms with Crippen LogP contribution < -0.4 is 5.73 Å². The second-order valence-corrected chi connectivity index (χ2v) is 5.04. The SMILES string of the molecule is CCCc1[nH]nc(C(=O)N2CCC(N)CC2)c1[N+](=O)[O-].Cl. The Bertz CT molecular complexity index is 511. The molecule has 0 bridgehead atoms. The van der Waals surface area contributed by atoms with E-state index in [2.05, 4.69) is 10.2 Å². The number of carbonyl (C=O) groups is 1. The Kier molecular flexibility index (Phi) is 6.10. The molecule has 0 aliphatic carbocycles. The third kappa shape index (κ3) is 3.70. The van der Waals surface area contributed by atoms with Gasteiger partial charge in [-0.1, -0.05) is 13.3 Å². The lowest BCUT2D eigenvalue weighted by Gasteiger charge is -2.29. The van der Waals surface area contributed by atoms with Crippen LogP contribution in [0.25, 0.3) is 0 Å². The first-order valence-electron chi connectivity index (χ1n) is 6.81. The number of aromatic nitrogens is 2. The number of nitrogens with one attached hydrogen (secondary N) is 1. The summed E-state index contributed by atoms with van der Waals surface area (Å²) in [6.07, 6.45) is 2.67. The number of halogens is 1. The second-order valence-electron chi connectivity index (χ2n) is 5.04. The number of hydrogen-bond acceptors (Lipinski definition) is 5. The number of aryl methyl sites for hydroxylation is 1. The molecule has 8 nitrogen and oxygen atoms in total. The van der Waals surface area contributed by atoms with Crippen molar-refractivity contribution < 1.29 is 9.72 Å². The first-order valence-corrected chi connectivity index (χ1v) is 6.81. The lowest BCUT2D eigenvalue weighted by Crippen LogP contribution is -2.43. The summed E-state index contributed by atoms with van der Waals surface area (Å²) < 4.78 is 0. The highest BCUT2D eigenvalue weighted by atomic mass is 35.5. The minimum Gasteiger partial charge on any atom is -0.337 e. The summed E-state index contributed by atoms with van der Waals surface area (Å²) in [7, 11) is 0. The zero-order valence-electron chi connectivity index (χ0n) is 11.9. The average molecular weight is 318 g/mol. The van der Waals surface area contributed by atoms with Crippen molar-refractivity contribution in [2.75, 3.05) is 13.1 Å². The predicted molar refractivity (Wildman–Crippen MR) is 79.6 cm³/mol. The highest BCUT2D eigenvalue weighted by Gasteiger charge is 2.32. The summed E-state index contributed by atoms with van der Waals surface area (Å²) >= 11 is 0. The molecule has 1 aromatic heterocycles. The van der Waals surface area contributed by atoms with Gasteiger partial charge in [-0.15, -0.1) is 12.4 Å². The van der Waals surface area contributed by atoms with Gasteiger partial charge in [0.25, 0.3) is 5.91 Å². The molecule has 1 aliphatic heterocycles. The molecule has 0 radical (unpaired) electrons. The number of amides is 1. The van der Waals surface area contributed by atoms with Gasteiger partial charge in [0.2, 0.25) is 5.69 Å². The van der Waals surface area contributed by atoms with Crippen LogP contribution in [0.2, 0.25) is 0 Å². The summed E-state index contributed by atoms with van der Waals surface area (Å²) in [5.74, 6) is -0.387. The monoisotopic (exact) mass is 317 g/mol. The van der Waals surface area contributed by atoms with E-state index in [-0.39, 0.29) is 35.7 Å². The fourth-order valence-corrected chi connectivity index (χ4v) is 2.39. The Hall–Kier alpha value is -1.67. The van der Waals surface area contributed by atoms with Crippen molar-refractivity contribution >= 4 is 24.0 Å². The first kappa shape index (κ1) is 17.4. The van der Waals surface area contributed by atoms with Gasteiger partial charge in [0.1, 0.15) is 5.69 Å². The number of piperidine rings is 1. The third-order valence-corrected chi connectivity index (χ3v) is 3.52. The van der Waals surface area contributed by atoms with Gasteiger partial charge >= 0.3 is 5.69 Å². The molecule has 1 aliphatic rings. The van der Waals surface area contributed by atoms with E-state index >= 15 is 0 Å². The topological polar surface area (TPSA) is 118 Å². The number of nitro groups is 1. The van der Waals surface area contributed by atoms with Gasteiger partial charge in [0, 0.05) is 19.1 Å². The number of aromatic amines is 1. The van der Waals surface area contributed by atoms with E-state index in [9.17, 15) is 14.9 Å². The molecule has 1 aromatic rings. The molecule has 0 atom stereocenters. The molecule has 0 unspecified atom stereocenters. The normalized spacial score (nSPS) is 15.6. The number of nitrogens with zero attached hydrogens (tertiary/aromatic N) is 3. The van der Waals surface area contributed by atoms with Gasteiger partial charge in [-0.2, -0.15) is 5.10 Å². The Morgan fingerprint density at radius 1 is 1.52 bits per heavy atom. The van der Waals surface area contributed by atoms with Crippen LogP contribution in [0.1, 0.15) is 42.4 Å². The quantitative estimate of drug-likeness (QED) is 0.640. The zero-order valence-corrected chi connectivity index (χ0v) is 12.7. The van der Waals surface area contributed by atoms with Crippen LogP contribution >= 0.6 is 12.4 Å². The number of likely N-dealkylation sites (tertiary alicyclic amines) is 1. The number of hydrogen-bond donors (Lipinski definition) is 2. The molecule has 9 heteroatoms. The van der Waals surface area contributed by atoms with Crippen molar-refractivity contribution in [3.05, 3.63) is 21.5 Å². The average Bonchev–Trinajstić information content (AvgIpc) is 2.83. The molecule has 0 spiro atoms. The molecule has 0 saturated carbocycles. The number of nitrogens with two attached hydrogens (primary N) is 1. The van der Waals surface area contributed by atoms with E-state index in [4.69, 9.17) is 5.73 Å². The van der Waals surface area contributed by atoms with Gasteiger partial charge in [0.05, 0.1) is 4.92 Å². The Morgan fingerprint density at radius 3 is 2.67 bits per heavy atom. The fourth-order valence-electron chi connectivity index (χ4n) is 2.39. The summed E-state index contributed by atoms with van der Waals surface area (Å²) in [6.45, 7) is 2.96. The Morgan fingerprint density at radius 2 is 2.14 bits per heavy atom. The van der Waals surface area contributed by atoms with Crippen molar-refractivity contribution in [3.8, 4) is 0 Å². The summed E-state index contributed by atoms with van der Waals surface area (Å²) in [4.78, 5) is 24.6. The molecule has 118 valence electrons. The molecule has 1 fully saturated rings. The van der Waals surface area contributed by atoms with Gasteiger partial charge in [-0.05, 0) is 19.3 Å². The van der Waals surface area contributed by atoms with Gasteiger partial charge in [0.15, 0.2) is 0 Å². The molecular weight excluding hydrogens is 298 g/mol. The van der Waals surface area contributed by atoms with E-state index in [0.717, 1.165) is 6.42 Å². The molecule has 0 aromatic carbocycles. The standard InChI is InChI=1S/C12H19N5O3.ClH/c1-2-3-9-11(17(19)20)10(15-14-9)12(18)16-6-4-8(13)5-7-16;/h8H,2-7,13H2,1H3,(H,14,15);1H. The lowest BCUT2D eigenvalue weighted by atomic mass is 10.1. The molecule has 2 rings (SSSR count). The summed E-state index contributed by atoms with van der Waals surface area (Å²) in [5, 5.41) is 17.7. The van der Waals surface area contributed by atoms with Crippen LogP contribution in [0.4, 0.5) is 5.69 Å². The van der Waals surface area contributed by atoms with E-state index in [1.807, 2.05) is 6.92 Å². The lowest BCUT2D eigenvalue weighted by molar-refractivity contribution is -0.385. The first-order chi connectivity index (χ1) is 9.54. The largest absolute Gasteiger partial charge is 0.337 e. The molecule has 2 heterocycles. The van der Waals surface area contributed by atoms with E-state index in [1.165, 1.54) is 0 Å². The van der Waals surface area contributed by atoms with Crippen molar-refractivity contribution in [2.45, 2.75) is 38.6 Å². The highest BCUT2D eigenvalue weighted by molar-refractivity contribution is 5.96. The highest BCUT2D eigenvalue weighted by Crippen LogP contribution is 2.24. The maximum Gasteiger partial charge on any atom is 0.322 e. The van der Waals surface area contributed by atoms with Crippen LogP contribution in [-0.2, 0) is 6.42 Å². The molecule has 1 amide bonds. The Balaban J connectivity index is 0.00000220. The summed E-state index contributed by atoms with van der Waals surface area (Å²) in [5.41, 5.74) is 5.92. The van der Waals surface area contributed by atoms with Crippen LogP contribution in [-0.4, -0.2) is 45.1 Å². The van der Waals surface area contributed by atoms with Gasteiger partial charge in [-0.25, -0.2) is 0 Å². The van der Waals surface area contributed by atoms with E-state index < -0.39 is 4.92 Å². The van der Waals surface area contributed by atoms with Crippen LogP contribution in [0, 0.1) is 10.1 Å². The zero-order chi connectivity index (χ0) is 14.7. The van der Waals surface area contributed by atoms with E-state index in [0.29, 0.717) is 38.0 Å². The predicted octanol–water partition coefficient (Wildman–Crippen LogP) is 1.26. The molecule has 3 N–H and O–H groups in total. The maximum absolute atomic E-state index is 12.3.